The van der Waals surface area contributed by atoms with Gasteiger partial charge in [-0.25, -0.2) is 4.79 Å². The first-order valence-corrected chi connectivity index (χ1v) is 7.21. The van der Waals surface area contributed by atoms with Crippen LogP contribution in [0.5, 0.6) is 5.75 Å². The van der Waals surface area contributed by atoms with Gasteiger partial charge in [-0.05, 0) is 53.6 Å². The first-order valence-electron chi connectivity index (χ1n) is 6.27. The van der Waals surface area contributed by atoms with Crippen molar-refractivity contribution in [2.24, 2.45) is 0 Å². The van der Waals surface area contributed by atoms with Crippen molar-refractivity contribution in [1.82, 2.24) is 0 Å². The standard InChI is InChI=1S/C15H17NO3S/c1-11(12-7-8-20-10-12)16-13-3-5-14(6-4-13)19-9-15(17)18-2/h3-8,10-11,16H,9H2,1-2H3. The summed E-state index contributed by atoms with van der Waals surface area (Å²) in [7, 11) is 1.34. The highest BCUT2D eigenvalue weighted by atomic mass is 32.1. The smallest absolute Gasteiger partial charge is 0.343 e. The molecule has 0 saturated carbocycles. The van der Waals surface area contributed by atoms with E-state index in [1.54, 1.807) is 11.3 Å². The second-order valence-electron chi connectivity index (χ2n) is 4.31. The maximum atomic E-state index is 11.0. The molecule has 0 aliphatic carbocycles. The summed E-state index contributed by atoms with van der Waals surface area (Å²) in [4.78, 5) is 11.0. The van der Waals surface area contributed by atoms with Crippen LogP contribution in [0.3, 0.4) is 0 Å². The zero-order chi connectivity index (χ0) is 14.4. The summed E-state index contributed by atoms with van der Waals surface area (Å²) in [6.07, 6.45) is 0. The van der Waals surface area contributed by atoms with E-state index in [-0.39, 0.29) is 12.6 Å². The molecule has 0 bridgehead atoms. The number of carbonyl (C=O) groups excluding carboxylic acids is 1. The molecule has 106 valence electrons. The number of carbonyl (C=O) groups is 1. The lowest BCUT2D eigenvalue weighted by atomic mass is 10.1. The van der Waals surface area contributed by atoms with E-state index in [0.29, 0.717) is 5.75 Å². The van der Waals surface area contributed by atoms with Gasteiger partial charge >= 0.3 is 5.97 Å². The van der Waals surface area contributed by atoms with Crippen LogP contribution in [0.15, 0.2) is 41.1 Å². The summed E-state index contributed by atoms with van der Waals surface area (Å²) in [5.41, 5.74) is 2.27. The van der Waals surface area contributed by atoms with Crippen molar-refractivity contribution < 1.29 is 14.3 Å². The van der Waals surface area contributed by atoms with Crippen LogP contribution in [-0.4, -0.2) is 19.7 Å². The number of ether oxygens (including phenoxy) is 2. The molecule has 20 heavy (non-hydrogen) atoms. The van der Waals surface area contributed by atoms with E-state index in [1.807, 2.05) is 24.3 Å². The zero-order valence-corrected chi connectivity index (χ0v) is 12.3. The third kappa shape index (κ3) is 3.99. The molecule has 0 saturated heterocycles. The third-order valence-electron chi connectivity index (χ3n) is 2.87. The van der Waals surface area contributed by atoms with E-state index in [9.17, 15) is 4.79 Å². The highest BCUT2D eigenvalue weighted by Gasteiger charge is 2.06. The number of nitrogens with one attached hydrogen (secondary N) is 1. The van der Waals surface area contributed by atoms with Crippen LogP contribution in [0.25, 0.3) is 0 Å². The molecule has 1 unspecified atom stereocenters. The molecule has 4 nitrogen and oxygen atoms in total. The van der Waals surface area contributed by atoms with E-state index in [2.05, 4.69) is 33.8 Å². The van der Waals surface area contributed by atoms with Gasteiger partial charge < -0.3 is 14.8 Å². The fraction of sp³-hybridized carbons (Fsp3) is 0.267. The van der Waals surface area contributed by atoms with Gasteiger partial charge in [-0.15, -0.1) is 0 Å². The van der Waals surface area contributed by atoms with Crippen molar-refractivity contribution in [3.8, 4) is 5.75 Å². The van der Waals surface area contributed by atoms with Gasteiger partial charge in [0.1, 0.15) is 5.75 Å². The van der Waals surface area contributed by atoms with E-state index < -0.39 is 5.97 Å². The summed E-state index contributed by atoms with van der Waals surface area (Å²) >= 11 is 1.69. The average Bonchev–Trinajstić information content (AvgIpc) is 3.00. The number of hydrogen-bond donors (Lipinski definition) is 1. The van der Waals surface area contributed by atoms with Crippen molar-refractivity contribution >= 4 is 23.0 Å². The Bertz CT molecular complexity index is 537. The van der Waals surface area contributed by atoms with Crippen LogP contribution < -0.4 is 10.1 Å². The minimum atomic E-state index is -0.390. The molecule has 1 aromatic heterocycles. The van der Waals surface area contributed by atoms with Gasteiger partial charge in [0.2, 0.25) is 0 Å². The molecule has 0 aliphatic rings. The molecular formula is C15H17NO3S. The maximum absolute atomic E-state index is 11.0. The molecule has 0 aliphatic heterocycles. The van der Waals surface area contributed by atoms with Crippen molar-refractivity contribution in [2.75, 3.05) is 19.0 Å². The number of methoxy groups -OCH3 is 1. The van der Waals surface area contributed by atoms with Gasteiger partial charge in [0.25, 0.3) is 0 Å². The Morgan fingerprint density at radius 1 is 1.30 bits per heavy atom. The predicted octanol–water partition coefficient (Wildman–Crippen LogP) is 3.47. The normalized spacial score (nSPS) is 11.7. The van der Waals surface area contributed by atoms with Gasteiger partial charge in [0.15, 0.2) is 6.61 Å². The van der Waals surface area contributed by atoms with Crippen LogP contribution in [-0.2, 0) is 9.53 Å². The van der Waals surface area contributed by atoms with Crippen molar-refractivity contribution in [1.29, 1.82) is 0 Å². The molecule has 0 amide bonds. The van der Waals surface area contributed by atoms with Crippen LogP contribution in [0.2, 0.25) is 0 Å². The predicted molar refractivity (Wildman–Crippen MR) is 80.3 cm³/mol. The summed E-state index contributed by atoms with van der Waals surface area (Å²) in [6, 6.07) is 9.86. The lowest BCUT2D eigenvalue weighted by molar-refractivity contribution is -0.142. The quantitative estimate of drug-likeness (QED) is 0.828. The van der Waals surface area contributed by atoms with E-state index >= 15 is 0 Å². The SMILES string of the molecule is COC(=O)COc1ccc(NC(C)c2ccsc2)cc1. The zero-order valence-electron chi connectivity index (χ0n) is 11.5. The molecule has 5 heteroatoms. The van der Waals surface area contributed by atoms with Crippen LogP contribution in [0.4, 0.5) is 5.69 Å². The van der Waals surface area contributed by atoms with Crippen LogP contribution in [0.1, 0.15) is 18.5 Å². The van der Waals surface area contributed by atoms with Crippen molar-refractivity contribution in [3.05, 3.63) is 46.7 Å². The Balaban J connectivity index is 1.89. The Labute approximate surface area is 122 Å². The Morgan fingerprint density at radius 3 is 2.65 bits per heavy atom. The molecule has 2 rings (SSSR count). The first kappa shape index (κ1) is 14.4. The molecule has 1 N–H and O–H groups in total. The fourth-order valence-corrected chi connectivity index (χ4v) is 2.46. The van der Waals surface area contributed by atoms with Gasteiger partial charge in [0.05, 0.1) is 7.11 Å². The summed E-state index contributed by atoms with van der Waals surface area (Å²) in [5, 5.41) is 7.60. The second kappa shape index (κ2) is 6.96. The minimum absolute atomic E-state index is 0.0748. The number of anilines is 1. The molecule has 0 fully saturated rings. The average molecular weight is 291 g/mol. The molecule has 2 aromatic rings. The van der Waals surface area contributed by atoms with Crippen LogP contribution >= 0.6 is 11.3 Å². The molecule has 0 radical (unpaired) electrons. The molecule has 1 heterocycles. The van der Waals surface area contributed by atoms with Gasteiger partial charge in [-0.3, -0.25) is 0 Å². The minimum Gasteiger partial charge on any atom is -0.482 e. The van der Waals surface area contributed by atoms with E-state index in [1.165, 1.54) is 12.7 Å². The lowest BCUT2D eigenvalue weighted by Gasteiger charge is -2.14. The highest BCUT2D eigenvalue weighted by molar-refractivity contribution is 7.07. The molecule has 1 aromatic carbocycles. The molecule has 1 atom stereocenters. The molecular weight excluding hydrogens is 274 g/mol. The number of rotatable bonds is 6. The van der Waals surface area contributed by atoms with Crippen LogP contribution in [0, 0.1) is 0 Å². The molecule has 0 spiro atoms. The Kier molecular flexibility index (Phi) is 5.01. The first-order chi connectivity index (χ1) is 9.69. The monoisotopic (exact) mass is 291 g/mol. The maximum Gasteiger partial charge on any atom is 0.343 e. The number of benzene rings is 1. The number of hydrogen-bond acceptors (Lipinski definition) is 5. The number of esters is 1. The van der Waals surface area contributed by atoms with Gasteiger partial charge in [-0.2, -0.15) is 11.3 Å². The number of thiophene rings is 1. The third-order valence-corrected chi connectivity index (χ3v) is 3.57. The summed E-state index contributed by atoms with van der Waals surface area (Å²) in [5.74, 6) is 0.252. The fourth-order valence-electron chi connectivity index (χ4n) is 1.70. The van der Waals surface area contributed by atoms with Gasteiger partial charge in [0, 0.05) is 11.7 Å². The van der Waals surface area contributed by atoms with E-state index in [0.717, 1.165) is 5.69 Å². The van der Waals surface area contributed by atoms with Crippen molar-refractivity contribution in [3.63, 3.8) is 0 Å². The van der Waals surface area contributed by atoms with E-state index in [4.69, 9.17) is 4.74 Å². The Hall–Kier alpha value is -2.01. The Morgan fingerprint density at radius 2 is 2.05 bits per heavy atom. The van der Waals surface area contributed by atoms with Gasteiger partial charge in [-0.1, -0.05) is 0 Å². The summed E-state index contributed by atoms with van der Waals surface area (Å²) in [6.45, 7) is 2.04. The topological polar surface area (TPSA) is 47.6 Å². The van der Waals surface area contributed by atoms with Crippen molar-refractivity contribution in [2.45, 2.75) is 13.0 Å². The largest absolute Gasteiger partial charge is 0.482 e. The highest BCUT2D eigenvalue weighted by Crippen LogP contribution is 2.22. The second-order valence-corrected chi connectivity index (χ2v) is 5.09. The lowest BCUT2D eigenvalue weighted by Crippen LogP contribution is -2.12. The summed E-state index contributed by atoms with van der Waals surface area (Å²) < 4.78 is 9.80.